The van der Waals surface area contributed by atoms with Crippen LogP contribution in [0.15, 0.2) is 60.7 Å². The predicted octanol–water partition coefficient (Wildman–Crippen LogP) is 5.12. The van der Waals surface area contributed by atoms with Gasteiger partial charge >= 0.3 is 0 Å². The van der Waals surface area contributed by atoms with Crippen molar-refractivity contribution in [3.8, 4) is 0 Å². The summed E-state index contributed by atoms with van der Waals surface area (Å²) in [4.78, 5) is 14.6. The molecule has 0 radical (unpaired) electrons. The van der Waals surface area contributed by atoms with Gasteiger partial charge < -0.3 is 4.90 Å². The summed E-state index contributed by atoms with van der Waals surface area (Å²) in [5, 5.41) is 2.58. The van der Waals surface area contributed by atoms with Crippen LogP contribution in [0.25, 0.3) is 10.8 Å². The smallest absolute Gasteiger partial charge is 0.230 e. The lowest BCUT2D eigenvalue weighted by Gasteiger charge is -2.30. The molecule has 1 saturated carbocycles. The van der Waals surface area contributed by atoms with Crippen molar-refractivity contribution < 1.29 is 4.79 Å². The molecule has 1 amide bonds. The molecule has 1 heterocycles. The maximum Gasteiger partial charge on any atom is 0.230 e. The Kier molecular flexibility index (Phi) is 3.77. The number of nitrogens with zero attached hydrogens (tertiary/aromatic N) is 1. The zero-order valence-electron chi connectivity index (χ0n) is 14.9. The molecule has 3 aromatic carbocycles. The zero-order valence-corrected chi connectivity index (χ0v) is 14.9. The molecule has 2 heteroatoms. The molecule has 130 valence electrons. The highest BCUT2D eigenvalue weighted by atomic mass is 16.2. The van der Waals surface area contributed by atoms with Crippen LogP contribution in [0.5, 0.6) is 0 Å². The van der Waals surface area contributed by atoms with Gasteiger partial charge in [-0.2, -0.15) is 0 Å². The summed E-state index contributed by atoms with van der Waals surface area (Å²) in [6.07, 6.45) is 5.24. The molecule has 0 unspecified atom stereocenters. The normalized spacial score (nSPS) is 16.5. The Hall–Kier alpha value is -2.61. The van der Waals surface area contributed by atoms with E-state index in [0.29, 0.717) is 11.8 Å². The van der Waals surface area contributed by atoms with Crippen molar-refractivity contribution in [2.24, 2.45) is 5.92 Å². The Bertz CT molecular complexity index is 986. The third-order valence-corrected chi connectivity index (χ3v) is 5.68. The van der Waals surface area contributed by atoms with Crippen molar-refractivity contribution >= 4 is 22.4 Å². The van der Waals surface area contributed by atoms with Crippen molar-refractivity contribution in [1.29, 1.82) is 0 Å². The molecule has 0 saturated heterocycles. The zero-order chi connectivity index (χ0) is 17.5. The van der Waals surface area contributed by atoms with Gasteiger partial charge in [-0.15, -0.1) is 0 Å². The van der Waals surface area contributed by atoms with Gasteiger partial charge in [-0.3, -0.25) is 4.79 Å². The summed E-state index contributed by atoms with van der Waals surface area (Å²) < 4.78 is 0. The fourth-order valence-electron chi connectivity index (χ4n) is 4.12. The molecule has 1 fully saturated rings. The van der Waals surface area contributed by atoms with Gasteiger partial charge in [0.1, 0.15) is 0 Å². The lowest BCUT2D eigenvalue weighted by atomic mass is 9.95. The minimum absolute atomic E-state index is 0.290. The number of fused-ring (bicyclic) bond motifs is 2. The number of rotatable bonds is 3. The number of benzene rings is 3. The minimum atomic E-state index is 0.290. The van der Waals surface area contributed by atoms with Crippen LogP contribution < -0.4 is 4.90 Å². The molecule has 0 atom stereocenters. The predicted molar refractivity (Wildman–Crippen MR) is 107 cm³/mol. The second kappa shape index (κ2) is 6.28. The second-order valence-corrected chi connectivity index (χ2v) is 7.69. The molecule has 0 N–H and O–H groups in total. The lowest BCUT2D eigenvalue weighted by molar-refractivity contribution is -0.119. The minimum Gasteiger partial charge on any atom is -0.312 e. The van der Waals surface area contributed by atoms with E-state index in [-0.39, 0.29) is 0 Å². The molecular formula is C24H23NO. The van der Waals surface area contributed by atoms with Gasteiger partial charge in [-0.1, -0.05) is 54.6 Å². The highest BCUT2D eigenvalue weighted by Crippen LogP contribution is 2.36. The van der Waals surface area contributed by atoms with E-state index >= 15 is 0 Å². The number of anilines is 1. The first-order valence-electron chi connectivity index (χ1n) is 9.69. The van der Waals surface area contributed by atoms with Crippen LogP contribution in [-0.4, -0.2) is 12.5 Å². The number of carbonyl (C=O) groups is 1. The first-order chi connectivity index (χ1) is 12.8. The van der Waals surface area contributed by atoms with Gasteiger partial charge in [-0.05, 0) is 65.6 Å². The van der Waals surface area contributed by atoms with Gasteiger partial charge in [0, 0.05) is 18.2 Å². The second-order valence-electron chi connectivity index (χ2n) is 7.69. The Morgan fingerprint density at radius 3 is 2.54 bits per heavy atom. The van der Waals surface area contributed by atoms with E-state index < -0.39 is 0 Å². The summed E-state index contributed by atoms with van der Waals surface area (Å²) in [6.45, 7) is 0.881. The SMILES string of the molecule is O=C(C1CC1)N1CCCc2cc(Cc3ccc4ccccc4c3)ccc21. The molecule has 1 aliphatic carbocycles. The maximum atomic E-state index is 12.5. The van der Waals surface area contributed by atoms with E-state index in [9.17, 15) is 4.79 Å². The van der Waals surface area contributed by atoms with E-state index in [0.717, 1.165) is 44.3 Å². The van der Waals surface area contributed by atoms with Gasteiger partial charge in [0.25, 0.3) is 0 Å². The maximum absolute atomic E-state index is 12.5. The van der Waals surface area contributed by atoms with Gasteiger partial charge in [-0.25, -0.2) is 0 Å². The summed E-state index contributed by atoms with van der Waals surface area (Å²) in [5.41, 5.74) is 5.16. The van der Waals surface area contributed by atoms with E-state index in [4.69, 9.17) is 0 Å². The third-order valence-electron chi connectivity index (χ3n) is 5.68. The quantitative estimate of drug-likeness (QED) is 0.647. The third kappa shape index (κ3) is 2.90. The highest BCUT2D eigenvalue weighted by Gasteiger charge is 2.35. The molecule has 5 rings (SSSR count). The van der Waals surface area contributed by atoms with Crippen LogP contribution in [-0.2, 0) is 17.6 Å². The monoisotopic (exact) mass is 341 g/mol. The van der Waals surface area contributed by atoms with Crippen molar-refractivity contribution in [2.75, 3.05) is 11.4 Å². The fourth-order valence-corrected chi connectivity index (χ4v) is 4.12. The molecule has 3 aromatic rings. The van der Waals surface area contributed by atoms with E-state index in [1.807, 2.05) is 4.90 Å². The van der Waals surface area contributed by atoms with Crippen molar-refractivity contribution in [2.45, 2.75) is 32.1 Å². The Labute approximate surface area is 154 Å². The first kappa shape index (κ1) is 15.6. The number of hydrogen-bond donors (Lipinski definition) is 0. The van der Waals surface area contributed by atoms with Crippen molar-refractivity contribution in [3.05, 3.63) is 77.4 Å². The average Bonchev–Trinajstić information content (AvgIpc) is 3.52. The molecular weight excluding hydrogens is 318 g/mol. The van der Waals surface area contributed by atoms with Crippen LogP contribution in [0.1, 0.15) is 36.0 Å². The van der Waals surface area contributed by atoms with Gasteiger partial charge in [0.15, 0.2) is 0 Å². The van der Waals surface area contributed by atoms with Crippen LogP contribution in [0.2, 0.25) is 0 Å². The summed E-state index contributed by atoms with van der Waals surface area (Å²) in [7, 11) is 0. The Morgan fingerprint density at radius 1 is 0.923 bits per heavy atom. The molecule has 1 aliphatic heterocycles. The summed E-state index contributed by atoms with van der Waals surface area (Å²) in [5.74, 6) is 0.631. The largest absolute Gasteiger partial charge is 0.312 e. The number of carbonyl (C=O) groups excluding carboxylic acids is 1. The molecule has 0 aromatic heterocycles. The van der Waals surface area contributed by atoms with Crippen molar-refractivity contribution in [3.63, 3.8) is 0 Å². The molecule has 0 bridgehead atoms. The van der Waals surface area contributed by atoms with Crippen LogP contribution >= 0.6 is 0 Å². The summed E-state index contributed by atoms with van der Waals surface area (Å²) in [6, 6.07) is 21.9. The standard InChI is InChI=1S/C24H23NO/c26-24(20-10-11-20)25-13-3-6-22-16-18(8-12-23(22)25)14-17-7-9-19-4-1-2-5-21(19)15-17/h1-2,4-5,7-9,12,15-16,20H,3,6,10-11,13-14H2. The number of aryl methyl sites for hydroxylation is 1. The number of amides is 1. The Balaban J connectivity index is 1.42. The van der Waals surface area contributed by atoms with Crippen molar-refractivity contribution in [1.82, 2.24) is 0 Å². The average molecular weight is 341 g/mol. The Morgan fingerprint density at radius 2 is 1.69 bits per heavy atom. The highest BCUT2D eigenvalue weighted by molar-refractivity contribution is 5.97. The topological polar surface area (TPSA) is 20.3 Å². The van der Waals surface area contributed by atoms with Gasteiger partial charge in [0.2, 0.25) is 5.91 Å². The van der Waals surface area contributed by atoms with Gasteiger partial charge in [0.05, 0.1) is 0 Å². The first-order valence-corrected chi connectivity index (χ1v) is 9.69. The lowest BCUT2D eigenvalue weighted by Crippen LogP contribution is -2.36. The van der Waals surface area contributed by atoms with E-state index in [1.54, 1.807) is 0 Å². The van der Waals surface area contributed by atoms with Crippen LogP contribution in [0, 0.1) is 5.92 Å². The number of hydrogen-bond acceptors (Lipinski definition) is 1. The van der Waals surface area contributed by atoms with Crippen LogP contribution in [0.4, 0.5) is 5.69 Å². The molecule has 0 spiro atoms. The fraction of sp³-hybridized carbons (Fsp3) is 0.292. The van der Waals surface area contributed by atoms with E-state index in [2.05, 4.69) is 60.7 Å². The van der Waals surface area contributed by atoms with E-state index in [1.165, 1.54) is 27.5 Å². The van der Waals surface area contributed by atoms with Crippen LogP contribution in [0.3, 0.4) is 0 Å². The molecule has 2 aliphatic rings. The molecule has 2 nitrogen and oxygen atoms in total. The summed E-state index contributed by atoms with van der Waals surface area (Å²) >= 11 is 0. The molecule has 26 heavy (non-hydrogen) atoms.